The first-order chi connectivity index (χ1) is 6.08. The molecular formula is C8H9F2NO2. The maximum atomic E-state index is 13.1. The van der Waals surface area contributed by atoms with Crippen molar-refractivity contribution >= 4 is 0 Å². The largest absolute Gasteiger partial charge is 0.507 e. The smallest absolute Gasteiger partial charge is 0.301 e. The molecule has 0 aliphatic rings. The van der Waals surface area contributed by atoms with Gasteiger partial charge in [0.05, 0.1) is 5.56 Å². The van der Waals surface area contributed by atoms with Gasteiger partial charge in [-0.2, -0.15) is 8.78 Å². The van der Waals surface area contributed by atoms with Gasteiger partial charge in [-0.3, -0.25) is 4.84 Å². The van der Waals surface area contributed by atoms with E-state index in [2.05, 4.69) is 10.7 Å². The third-order valence-corrected chi connectivity index (χ3v) is 1.56. The Morgan fingerprint density at radius 3 is 2.54 bits per heavy atom. The first-order valence-corrected chi connectivity index (χ1v) is 3.56. The van der Waals surface area contributed by atoms with Crippen LogP contribution in [0.25, 0.3) is 0 Å². The number of aromatic hydroxyl groups is 1. The second kappa shape index (κ2) is 3.68. The van der Waals surface area contributed by atoms with Gasteiger partial charge in [-0.05, 0) is 12.1 Å². The average molecular weight is 189 g/mol. The van der Waals surface area contributed by atoms with Crippen LogP contribution >= 0.6 is 0 Å². The highest BCUT2D eigenvalue weighted by molar-refractivity contribution is 5.35. The molecule has 13 heavy (non-hydrogen) atoms. The lowest BCUT2D eigenvalue weighted by Crippen LogP contribution is -2.23. The monoisotopic (exact) mass is 189 g/mol. The summed E-state index contributed by atoms with van der Waals surface area (Å²) < 4.78 is 26.1. The fraction of sp³-hybridized carbons (Fsp3) is 0.250. The van der Waals surface area contributed by atoms with Crippen LogP contribution in [0, 0.1) is 0 Å². The zero-order chi connectivity index (χ0) is 9.90. The molecule has 0 bridgehead atoms. The van der Waals surface area contributed by atoms with Gasteiger partial charge in [0.2, 0.25) is 0 Å². The fourth-order valence-electron chi connectivity index (χ4n) is 0.965. The number of phenolic OH excluding ortho intramolecular Hbond substituents is 1. The number of para-hydroxylation sites is 1. The van der Waals surface area contributed by atoms with Crippen LogP contribution in [0.5, 0.6) is 5.75 Å². The summed E-state index contributed by atoms with van der Waals surface area (Å²) in [4.78, 5) is 3.85. The maximum absolute atomic E-state index is 13.1. The molecule has 3 nitrogen and oxygen atoms in total. The van der Waals surface area contributed by atoms with Gasteiger partial charge >= 0.3 is 5.92 Å². The summed E-state index contributed by atoms with van der Waals surface area (Å²) in [6, 6.07) is 5.16. The van der Waals surface area contributed by atoms with E-state index in [1.807, 2.05) is 0 Å². The van der Waals surface area contributed by atoms with Gasteiger partial charge in [0.15, 0.2) is 0 Å². The van der Waals surface area contributed by atoms with Crippen molar-refractivity contribution in [3.63, 3.8) is 0 Å². The van der Waals surface area contributed by atoms with Crippen LogP contribution in [-0.2, 0) is 10.8 Å². The molecule has 1 aromatic rings. The Morgan fingerprint density at radius 1 is 1.38 bits per heavy atom. The Kier molecular flexibility index (Phi) is 2.79. The number of hydrogen-bond donors (Lipinski definition) is 2. The summed E-state index contributed by atoms with van der Waals surface area (Å²) >= 11 is 0. The van der Waals surface area contributed by atoms with Crippen molar-refractivity contribution in [3.8, 4) is 5.75 Å². The number of rotatable bonds is 3. The van der Waals surface area contributed by atoms with Crippen molar-refractivity contribution in [3.05, 3.63) is 29.8 Å². The molecule has 72 valence electrons. The van der Waals surface area contributed by atoms with Gasteiger partial charge in [-0.1, -0.05) is 12.1 Å². The number of alkyl halides is 2. The van der Waals surface area contributed by atoms with Gasteiger partial charge in [0.25, 0.3) is 0 Å². The lowest BCUT2D eigenvalue weighted by Gasteiger charge is -2.15. The van der Waals surface area contributed by atoms with Crippen molar-refractivity contribution in [1.29, 1.82) is 0 Å². The summed E-state index contributed by atoms with van der Waals surface area (Å²) in [6.45, 7) is -0.954. The van der Waals surface area contributed by atoms with Crippen molar-refractivity contribution in [1.82, 2.24) is 0 Å². The summed E-state index contributed by atoms with van der Waals surface area (Å²) in [7, 11) is 0. The molecule has 1 rings (SSSR count). The van der Waals surface area contributed by atoms with E-state index in [-0.39, 0.29) is 0 Å². The second-order valence-electron chi connectivity index (χ2n) is 2.53. The first kappa shape index (κ1) is 9.88. The van der Waals surface area contributed by atoms with E-state index in [9.17, 15) is 8.78 Å². The number of hydrogen-bond acceptors (Lipinski definition) is 3. The third kappa shape index (κ3) is 2.13. The molecular weight excluding hydrogens is 180 g/mol. The minimum absolute atomic E-state index is 0.468. The highest BCUT2D eigenvalue weighted by Gasteiger charge is 2.34. The van der Waals surface area contributed by atoms with E-state index in [1.54, 1.807) is 0 Å². The molecule has 0 unspecified atom stereocenters. The maximum Gasteiger partial charge on any atom is 0.301 e. The zero-order valence-corrected chi connectivity index (χ0v) is 6.71. The number of halogens is 2. The van der Waals surface area contributed by atoms with Crippen molar-refractivity contribution in [2.75, 3.05) is 6.61 Å². The molecule has 0 aliphatic carbocycles. The molecule has 0 heterocycles. The molecule has 0 aliphatic heterocycles. The standard InChI is InChI=1S/C8H9F2NO2/c9-8(10,5-13-11)6-3-1-2-4-7(6)12/h1-4,12H,5,11H2. The Bertz CT molecular complexity index is 291. The first-order valence-electron chi connectivity index (χ1n) is 3.56. The van der Waals surface area contributed by atoms with E-state index < -0.39 is 23.8 Å². The minimum Gasteiger partial charge on any atom is -0.507 e. The van der Waals surface area contributed by atoms with Gasteiger partial charge < -0.3 is 5.11 Å². The van der Waals surface area contributed by atoms with Gasteiger partial charge in [0.1, 0.15) is 12.4 Å². The van der Waals surface area contributed by atoms with E-state index in [4.69, 9.17) is 5.11 Å². The normalized spacial score (nSPS) is 11.6. The molecule has 0 spiro atoms. The number of phenols is 1. The lowest BCUT2D eigenvalue weighted by molar-refractivity contribution is -0.0849. The van der Waals surface area contributed by atoms with Crippen LogP contribution in [-0.4, -0.2) is 11.7 Å². The Labute approximate surface area is 73.7 Å². The highest BCUT2D eigenvalue weighted by atomic mass is 19.3. The molecule has 0 saturated heterocycles. The highest BCUT2D eigenvalue weighted by Crippen LogP contribution is 2.33. The summed E-state index contributed by atoms with van der Waals surface area (Å²) in [5, 5.41) is 9.10. The van der Waals surface area contributed by atoms with E-state index in [0.717, 1.165) is 6.07 Å². The molecule has 0 aromatic heterocycles. The third-order valence-electron chi connectivity index (χ3n) is 1.56. The van der Waals surface area contributed by atoms with Gasteiger partial charge in [-0.15, -0.1) is 0 Å². The SMILES string of the molecule is NOCC(F)(F)c1ccccc1O. The Hall–Kier alpha value is -1.20. The average Bonchev–Trinajstić information content (AvgIpc) is 2.04. The summed E-state index contributed by atoms with van der Waals surface area (Å²) in [5.41, 5.74) is -0.486. The molecule has 0 saturated carbocycles. The summed E-state index contributed by atoms with van der Waals surface area (Å²) in [5.74, 6) is 0.809. The van der Waals surface area contributed by atoms with Gasteiger partial charge in [-0.25, -0.2) is 5.90 Å². The molecule has 0 radical (unpaired) electrons. The lowest BCUT2D eigenvalue weighted by atomic mass is 10.1. The van der Waals surface area contributed by atoms with Crippen LogP contribution in [0.2, 0.25) is 0 Å². The molecule has 1 aromatic carbocycles. The molecule has 0 atom stereocenters. The fourth-order valence-corrected chi connectivity index (χ4v) is 0.965. The predicted molar refractivity (Wildman–Crippen MR) is 42.1 cm³/mol. The molecule has 0 fully saturated rings. The van der Waals surface area contributed by atoms with Crippen molar-refractivity contribution in [2.45, 2.75) is 5.92 Å². The number of nitrogens with two attached hydrogens (primary N) is 1. The van der Waals surface area contributed by atoms with E-state index in [0.29, 0.717) is 0 Å². The van der Waals surface area contributed by atoms with Crippen LogP contribution in [0.4, 0.5) is 8.78 Å². The summed E-state index contributed by atoms with van der Waals surface area (Å²) in [6.07, 6.45) is 0. The second-order valence-corrected chi connectivity index (χ2v) is 2.53. The molecule has 3 N–H and O–H groups in total. The van der Waals surface area contributed by atoms with E-state index >= 15 is 0 Å². The topological polar surface area (TPSA) is 55.5 Å². The Morgan fingerprint density at radius 2 is 2.00 bits per heavy atom. The van der Waals surface area contributed by atoms with Crippen molar-refractivity contribution in [2.24, 2.45) is 5.90 Å². The minimum atomic E-state index is -3.26. The predicted octanol–water partition coefficient (Wildman–Crippen LogP) is 1.37. The van der Waals surface area contributed by atoms with Gasteiger partial charge in [0, 0.05) is 0 Å². The number of benzene rings is 1. The quantitative estimate of drug-likeness (QED) is 0.706. The molecule has 0 amide bonds. The van der Waals surface area contributed by atoms with Crippen LogP contribution in [0.3, 0.4) is 0 Å². The van der Waals surface area contributed by atoms with Crippen molar-refractivity contribution < 1.29 is 18.7 Å². The zero-order valence-electron chi connectivity index (χ0n) is 6.71. The Balaban J connectivity index is 2.99. The van der Waals surface area contributed by atoms with Crippen LogP contribution < -0.4 is 5.90 Å². The van der Waals surface area contributed by atoms with Crippen LogP contribution in [0.15, 0.2) is 24.3 Å². The van der Waals surface area contributed by atoms with Crippen LogP contribution in [0.1, 0.15) is 5.56 Å². The van der Waals surface area contributed by atoms with E-state index in [1.165, 1.54) is 18.2 Å². The molecule has 5 heteroatoms.